The highest BCUT2D eigenvalue weighted by Crippen LogP contribution is 2.09. The van der Waals surface area contributed by atoms with Gasteiger partial charge in [-0.05, 0) is 24.1 Å². The van der Waals surface area contributed by atoms with E-state index in [9.17, 15) is 0 Å². The van der Waals surface area contributed by atoms with E-state index in [1.165, 1.54) is 5.56 Å². The summed E-state index contributed by atoms with van der Waals surface area (Å²) in [6.07, 6.45) is 2.70. The molecule has 1 rings (SSSR count). The van der Waals surface area contributed by atoms with Crippen LogP contribution in [0.25, 0.3) is 0 Å². The van der Waals surface area contributed by atoms with Crippen LogP contribution in [0.15, 0.2) is 36.9 Å². The molecule has 0 aliphatic heterocycles. The molecule has 0 fully saturated rings. The third-order valence-electron chi connectivity index (χ3n) is 1.32. The van der Waals surface area contributed by atoms with Gasteiger partial charge in [0.25, 0.3) is 5.97 Å². The Hall–Kier alpha value is -1.77. The van der Waals surface area contributed by atoms with E-state index < -0.39 is 5.97 Å². The first kappa shape index (κ1) is 12.2. The predicted molar refractivity (Wildman–Crippen MR) is 55.3 cm³/mol. The highest BCUT2D eigenvalue weighted by molar-refractivity contribution is 5.62. The van der Waals surface area contributed by atoms with Gasteiger partial charge in [-0.2, -0.15) is 0 Å². The number of rotatable bonds is 2. The van der Waals surface area contributed by atoms with Crippen molar-refractivity contribution in [2.24, 2.45) is 0 Å². The molecular weight excluding hydrogens is 180 g/mol. The summed E-state index contributed by atoms with van der Waals surface area (Å²) in [6, 6.07) is 7.13. The Morgan fingerprint density at radius 1 is 1.43 bits per heavy atom. The van der Waals surface area contributed by atoms with Crippen LogP contribution in [0.2, 0.25) is 0 Å². The SMILES string of the molecule is C=CCc1ccc(O)cc1.CC(=O)O. The molecule has 76 valence electrons. The topological polar surface area (TPSA) is 57.5 Å². The van der Waals surface area contributed by atoms with Gasteiger partial charge in [-0.25, -0.2) is 0 Å². The normalized spacial score (nSPS) is 8.36. The number of aliphatic carboxylic acids is 1. The molecular formula is C11H14O3. The number of carboxylic acids is 1. The average molecular weight is 194 g/mol. The molecule has 0 aliphatic carbocycles. The Kier molecular flexibility index (Phi) is 5.87. The number of carboxylic acid groups (broad SMARTS) is 1. The second-order valence-corrected chi connectivity index (χ2v) is 2.68. The van der Waals surface area contributed by atoms with Crippen molar-refractivity contribution in [1.29, 1.82) is 0 Å². The van der Waals surface area contributed by atoms with E-state index >= 15 is 0 Å². The predicted octanol–water partition coefficient (Wildman–Crippen LogP) is 2.21. The molecule has 0 saturated heterocycles. The number of hydrogen-bond acceptors (Lipinski definition) is 2. The summed E-state index contributed by atoms with van der Waals surface area (Å²) >= 11 is 0. The molecule has 0 spiro atoms. The van der Waals surface area contributed by atoms with Crippen molar-refractivity contribution in [2.75, 3.05) is 0 Å². The minimum absolute atomic E-state index is 0.313. The summed E-state index contributed by atoms with van der Waals surface area (Å²) in [5.74, 6) is -0.521. The largest absolute Gasteiger partial charge is 0.508 e. The number of phenols is 1. The van der Waals surface area contributed by atoms with Gasteiger partial charge in [0, 0.05) is 6.92 Å². The Morgan fingerprint density at radius 3 is 2.21 bits per heavy atom. The second kappa shape index (κ2) is 6.71. The fraction of sp³-hybridized carbons (Fsp3) is 0.182. The molecule has 0 aliphatic rings. The highest BCUT2D eigenvalue weighted by Gasteiger charge is 1.87. The van der Waals surface area contributed by atoms with Gasteiger partial charge in [-0.1, -0.05) is 18.2 Å². The lowest BCUT2D eigenvalue weighted by Gasteiger charge is -1.94. The van der Waals surface area contributed by atoms with Crippen molar-refractivity contribution < 1.29 is 15.0 Å². The highest BCUT2D eigenvalue weighted by atomic mass is 16.4. The van der Waals surface area contributed by atoms with Crippen molar-refractivity contribution in [3.05, 3.63) is 42.5 Å². The zero-order valence-corrected chi connectivity index (χ0v) is 8.10. The van der Waals surface area contributed by atoms with E-state index in [2.05, 4.69) is 6.58 Å². The summed E-state index contributed by atoms with van der Waals surface area (Å²) in [7, 11) is 0. The lowest BCUT2D eigenvalue weighted by molar-refractivity contribution is -0.134. The van der Waals surface area contributed by atoms with Gasteiger partial charge >= 0.3 is 0 Å². The van der Waals surface area contributed by atoms with Crippen LogP contribution in [-0.2, 0) is 11.2 Å². The smallest absolute Gasteiger partial charge is 0.300 e. The fourth-order valence-corrected chi connectivity index (χ4v) is 0.799. The minimum atomic E-state index is -0.833. The van der Waals surface area contributed by atoms with Crippen LogP contribution in [0, 0.1) is 0 Å². The molecule has 14 heavy (non-hydrogen) atoms. The zero-order chi connectivity index (χ0) is 11.0. The van der Waals surface area contributed by atoms with Crippen LogP contribution in [0.4, 0.5) is 0 Å². The van der Waals surface area contributed by atoms with Gasteiger partial charge < -0.3 is 10.2 Å². The van der Waals surface area contributed by atoms with Crippen molar-refractivity contribution >= 4 is 5.97 Å². The van der Waals surface area contributed by atoms with E-state index in [1.54, 1.807) is 12.1 Å². The Balaban J connectivity index is 0.000000364. The molecule has 0 radical (unpaired) electrons. The first-order valence-electron chi connectivity index (χ1n) is 4.14. The first-order valence-corrected chi connectivity index (χ1v) is 4.14. The van der Waals surface area contributed by atoms with E-state index in [1.807, 2.05) is 18.2 Å². The molecule has 3 heteroatoms. The second-order valence-electron chi connectivity index (χ2n) is 2.68. The van der Waals surface area contributed by atoms with Crippen LogP contribution >= 0.6 is 0 Å². The molecule has 0 saturated carbocycles. The van der Waals surface area contributed by atoms with Crippen molar-refractivity contribution in [1.82, 2.24) is 0 Å². The van der Waals surface area contributed by atoms with Crippen molar-refractivity contribution in [2.45, 2.75) is 13.3 Å². The molecule has 0 bridgehead atoms. The molecule has 3 nitrogen and oxygen atoms in total. The van der Waals surface area contributed by atoms with Crippen LogP contribution in [0.3, 0.4) is 0 Å². The van der Waals surface area contributed by atoms with Gasteiger partial charge in [0.05, 0.1) is 0 Å². The van der Waals surface area contributed by atoms with Gasteiger partial charge in [-0.15, -0.1) is 6.58 Å². The summed E-state index contributed by atoms with van der Waals surface area (Å²) in [6.45, 7) is 4.70. The van der Waals surface area contributed by atoms with Crippen molar-refractivity contribution in [3.8, 4) is 5.75 Å². The number of aromatic hydroxyl groups is 1. The standard InChI is InChI=1S/C9H10O.C2H4O2/c1-2-3-8-4-6-9(10)7-5-8;1-2(3)4/h2,4-7,10H,1,3H2;1H3,(H,3,4). The molecule has 0 aromatic heterocycles. The molecule has 0 heterocycles. The number of benzene rings is 1. The third kappa shape index (κ3) is 6.91. The minimum Gasteiger partial charge on any atom is -0.508 e. The number of phenolic OH excluding ortho intramolecular Hbond substituents is 1. The van der Waals surface area contributed by atoms with Crippen LogP contribution < -0.4 is 0 Å². The Bertz CT molecular complexity index is 284. The zero-order valence-electron chi connectivity index (χ0n) is 8.10. The summed E-state index contributed by atoms with van der Waals surface area (Å²) in [5, 5.41) is 16.3. The van der Waals surface area contributed by atoms with Crippen LogP contribution in [0.1, 0.15) is 12.5 Å². The van der Waals surface area contributed by atoms with E-state index in [-0.39, 0.29) is 0 Å². The van der Waals surface area contributed by atoms with Crippen LogP contribution in [-0.4, -0.2) is 16.2 Å². The van der Waals surface area contributed by atoms with Gasteiger partial charge in [-0.3, -0.25) is 4.79 Å². The summed E-state index contributed by atoms with van der Waals surface area (Å²) in [4.78, 5) is 9.00. The number of carbonyl (C=O) groups is 1. The van der Waals surface area contributed by atoms with E-state index in [4.69, 9.17) is 15.0 Å². The maximum atomic E-state index is 9.00. The van der Waals surface area contributed by atoms with E-state index in [0.717, 1.165) is 13.3 Å². The van der Waals surface area contributed by atoms with Gasteiger partial charge in [0.1, 0.15) is 5.75 Å². The quantitative estimate of drug-likeness (QED) is 0.709. The molecule has 1 aromatic carbocycles. The fourth-order valence-electron chi connectivity index (χ4n) is 0.799. The maximum absolute atomic E-state index is 9.00. The lowest BCUT2D eigenvalue weighted by atomic mass is 10.1. The van der Waals surface area contributed by atoms with Crippen LogP contribution in [0.5, 0.6) is 5.75 Å². The van der Waals surface area contributed by atoms with Crippen molar-refractivity contribution in [3.63, 3.8) is 0 Å². The molecule has 1 aromatic rings. The van der Waals surface area contributed by atoms with Gasteiger partial charge in [0.2, 0.25) is 0 Å². The molecule has 0 atom stereocenters. The maximum Gasteiger partial charge on any atom is 0.300 e. The number of hydrogen-bond donors (Lipinski definition) is 2. The third-order valence-corrected chi connectivity index (χ3v) is 1.32. The Labute approximate surface area is 83.3 Å². The first-order chi connectivity index (χ1) is 6.56. The summed E-state index contributed by atoms with van der Waals surface area (Å²) in [5.41, 5.74) is 1.17. The summed E-state index contributed by atoms with van der Waals surface area (Å²) < 4.78 is 0. The monoisotopic (exact) mass is 194 g/mol. The van der Waals surface area contributed by atoms with E-state index in [0.29, 0.717) is 5.75 Å². The Morgan fingerprint density at radius 2 is 1.86 bits per heavy atom. The average Bonchev–Trinajstić information content (AvgIpc) is 2.08. The number of allylic oxidation sites excluding steroid dienone is 1. The molecule has 0 unspecified atom stereocenters. The lowest BCUT2D eigenvalue weighted by Crippen LogP contribution is -1.78. The molecule has 0 amide bonds. The molecule has 2 N–H and O–H groups in total. The van der Waals surface area contributed by atoms with Gasteiger partial charge in [0.15, 0.2) is 0 Å².